The van der Waals surface area contributed by atoms with Gasteiger partial charge >= 0.3 is 0 Å². The van der Waals surface area contributed by atoms with Gasteiger partial charge in [-0.2, -0.15) is 0 Å². The van der Waals surface area contributed by atoms with Crippen molar-refractivity contribution in [2.24, 2.45) is 0 Å². The molecule has 7 nitrogen and oxygen atoms in total. The third-order valence-electron chi connectivity index (χ3n) is 5.75. The smallest absolute Gasteiger partial charge is 0.295 e. The van der Waals surface area contributed by atoms with Crippen molar-refractivity contribution in [1.82, 2.24) is 14.8 Å². The van der Waals surface area contributed by atoms with Crippen LogP contribution in [0.3, 0.4) is 0 Å². The summed E-state index contributed by atoms with van der Waals surface area (Å²) < 4.78 is 5.81. The maximum atomic E-state index is 13.1. The number of amides is 1. The molecular formula is C26H33N3O4. The number of benzene rings is 1. The number of carbonyl (C=O) groups excluding carboxylic acids is 2. The van der Waals surface area contributed by atoms with Crippen LogP contribution in [-0.2, 0) is 9.59 Å². The highest BCUT2D eigenvalue weighted by Crippen LogP contribution is 2.39. The third-order valence-corrected chi connectivity index (χ3v) is 5.75. The fourth-order valence-electron chi connectivity index (χ4n) is 3.99. The molecule has 1 amide bonds. The van der Waals surface area contributed by atoms with Crippen molar-refractivity contribution < 1.29 is 19.4 Å². The zero-order valence-electron chi connectivity index (χ0n) is 19.9. The lowest BCUT2D eigenvalue weighted by Crippen LogP contribution is -2.32. The molecule has 1 aliphatic heterocycles. The summed E-state index contributed by atoms with van der Waals surface area (Å²) in [6.45, 7) is 5.81. The zero-order chi connectivity index (χ0) is 24.0. The quantitative estimate of drug-likeness (QED) is 0.255. The first-order valence-electron chi connectivity index (χ1n) is 11.4. The highest BCUT2D eigenvalue weighted by atomic mass is 16.5. The number of hydrogen-bond acceptors (Lipinski definition) is 6. The Morgan fingerprint density at radius 1 is 1.21 bits per heavy atom. The molecule has 1 aliphatic rings. The minimum Gasteiger partial charge on any atom is -0.507 e. The summed E-state index contributed by atoms with van der Waals surface area (Å²) in [5, 5.41) is 11.2. The Bertz CT molecular complexity index is 1020. The average Bonchev–Trinajstić information content (AvgIpc) is 3.05. The summed E-state index contributed by atoms with van der Waals surface area (Å²) in [5.41, 5.74) is 2.13. The van der Waals surface area contributed by atoms with E-state index in [-0.39, 0.29) is 11.3 Å². The molecule has 0 aliphatic carbocycles. The lowest BCUT2D eigenvalue weighted by Gasteiger charge is -2.25. The Labute approximate surface area is 195 Å². The molecule has 1 atom stereocenters. The summed E-state index contributed by atoms with van der Waals surface area (Å²) >= 11 is 0. The van der Waals surface area contributed by atoms with Crippen LogP contribution < -0.4 is 4.74 Å². The molecule has 0 unspecified atom stereocenters. The first-order valence-corrected chi connectivity index (χ1v) is 11.4. The molecule has 1 N–H and O–H groups in total. The second-order valence-electron chi connectivity index (χ2n) is 8.62. The van der Waals surface area contributed by atoms with Gasteiger partial charge in [0.15, 0.2) is 0 Å². The number of pyridine rings is 1. The van der Waals surface area contributed by atoms with Crippen LogP contribution >= 0.6 is 0 Å². The van der Waals surface area contributed by atoms with E-state index in [9.17, 15) is 14.7 Å². The Balaban J connectivity index is 1.99. The zero-order valence-corrected chi connectivity index (χ0v) is 19.9. The summed E-state index contributed by atoms with van der Waals surface area (Å²) in [6.07, 6.45) is 5.99. The van der Waals surface area contributed by atoms with E-state index in [2.05, 4.69) is 11.9 Å². The monoisotopic (exact) mass is 451 g/mol. The van der Waals surface area contributed by atoms with Gasteiger partial charge in [0.2, 0.25) is 0 Å². The van der Waals surface area contributed by atoms with Crippen LogP contribution in [0.1, 0.15) is 48.9 Å². The molecule has 0 bridgehead atoms. The summed E-state index contributed by atoms with van der Waals surface area (Å²) in [7, 11) is 3.93. The predicted molar refractivity (Wildman–Crippen MR) is 128 cm³/mol. The molecule has 0 spiro atoms. The van der Waals surface area contributed by atoms with Gasteiger partial charge in [-0.05, 0) is 75.8 Å². The van der Waals surface area contributed by atoms with Crippen LogP contribution in [0.15, 0.2) is 48.3 Å². The van der Waals surface area contributed by atoms with Crippen LogP contribution in [0.25, 0.3) is 5.76 Å². The molecule has 1 aromatic heterocycles. The standard InChI is InChI=1S/C26H33N3O4/c1-5-6-15-33-21-11-10-19(16-18(21)2)24(30)22-23(20-9-7-12-27-17-20)29(26(32)25(22)31)14-8-13-28(3)4/h7,9-12,16-17,23,30H,5-6,8,13-15H2,1-4H3/b24-22+/t23-/m0/s1. The van der Waals surface area contributed by atoms with Crippen molar-refractivity contribution >= 4 is 17.4 Å². The molecule has 1 saturated heterocycles. The topological polar surface area (TPSA) is 83.0 Å². The van der Waals surface area contributed by atoms with Gasteiger partial charge in [-0.1, -0.05) is 19.4 Å². The minimum atomic E-state index is -0.679. The number of Topliss-reactive ketones (excluding diaryl/α,β-unsaturated/α-hetero) is 1. The molecule has 3 rings (SSSR count). The number of ketones is 1. The number of aryl methyl sites for hydroxylation is 1. The van der Waals surface area contributed by atoms with E-state index < -0.39 is 17.7 Å². The van der Waals surface area contributed by atoms with Crippen molar-refractivity contribution in [1.29, 1.82) is 0 Å². The molecule has 176 valence electrons. The number of carbonyl (C=O) groups is 2. The van der Waals surface area contributed by atoms with E-state index in [4.69, 9.17) is 4.74 Å². The van der Waals surface area contributed by atoms with Crippen molar-refractivity contribution in [3.63, 3.8) is 0 Å². The fraction of sp³-hybridized carbons (Fsp3) is 0.423. The number of hydrogen-bond donors (Lipinski definition) is 1. The number of nitrogens with zero attached hydrogens (tertiary/aromatic N) is 3. The van der Waals surface area contributed by atoms with E-state index in [0.717, 1.165) is 30.7 Å². The largest absolute Gasteiger partial charge is 0.507 e. The van der Waals surface area contributed by atoms with Gasteiger partial charge in [-0.15, -0.1) is 0 Å². The van der Waals surface area contributed by atoms with Crippen LogP contribution in [0, 0.1) is 6.92 Å². The maximum absolute atomic E-state index is 13.1. The number of aromatic nitrogens is 1. The Morgan fingerprint density at radius 2 is 2.00 bits per heavy atom. The van der Waals surface area contributed by atoms with Gasteiger partial charge in [0.1, 0.15) is 11.5 Å². The molecular weight excluding hydrogens is 418 g/mol. The van der Waals surface area contributed by atoms with Gasteiger partial charge in [0, 0.05) is 24.5 Å². The van der Waals surface area contributed by atoms with Crippen molar-refractivity contribution in [2.45, 2.75) is 39.2 Å². The van der Waals surface area contributed by atoms with Crippen LogP contribution in [-0.4, -0.2) is 65.4 Å². The van der Waals surface area contributed by atoms with Crippen molar-refractivity contribution in [2.75, 3.05) is 33.8 Å². The van der Waals surface area contributed by atoms with Gasteiger partial charge in [-0.25, -0.2) is 0 Å². The molecule has 1 aromatic carbocycles. The van der Waals surface area contributed by atoms with Crippen LogP contribution in [0.2, 0.25) is 0 Å². The number of likely N-dealkylation sites (tertiary alicyclic amines) is 1. The lowest BCUT2D eigenvalue weighted by molar-refractivity contribution is -0.139. The first kappa shape index (κ1) is 24.5. The molecule has 2 heterocycles. The van der Waals surface area contributed by atoms with E-state index >= 15 is 0 Å². The second kappa shape index (κ2) is 11.1. The van der Waals surface area contributed by atoms with Crippen molar-refractivity contribution in [3.05, 3.63) is 65.0 Å². The van der Waals surface area contributed by atoms with Gasteiger partial charge in [-0.3, -0.25) is 14.6 Å². The molecule has 33 heavy (non-hydrogen) atoms. The second-order valence-corrected chi connectivity index (χ2v) is 8.62. The van der Waals surface area contributed by atoms with E-state index in [1.54, 1.807) is 41.6 Å². The van der Waals surface area contributed by atoms with Gasteiger partial charge in [0.25, 0.3) is 11.7 Å². The van der Waals surface area contributed by atoms with Crippen molar-refractivity contribution in [3.8, 4) is 5.75 Å². The van der Waals surface area contributed by atoms with E-state index in [0.29, 0.717) is 30.7 Å². The highest BCUT2D eigenvalue weighted by Gasteiger charge is 2.45. The molecule has 2 aromatic rings. The molecule has 0 saturated carbocycles. The van der Waals surface area contributed by atoms with Gasteiger partial charge in [0.05, 0.1) is 18.2 Å². The minimum absolute atomic E-state index is 0.0944. The summed E-state index contributed by atoms with van der Waals surface area (Å²) in [4.78, 5) is 33.8. The normalized spacial score (nSPS) is 17.7. The van der Waals surface area contributed by atoms with Crippen LogP contribution in [0.4, 0.5) is 0 Å². The summed E-state index contributed by atoms with van der Waals surface area (Å²) in [5.74, 6) is -0.707. The Morgan fingerprint density at radius 3 is 2.64 bits per heavy atom. The molecule has 7 heteroatoms. The highest BCUT2D eigenvalue weighted by molar-refractivity contribution is 6.46. The van der Waals surface area contributed by atoms with E-state index in [1.807, 2.05) is 32.0 Å². The van der Waals surface area contributed by atoms with Gasteiger partial charge < -0.3 is 19.6 Å². The number of rotatable bonds is 10. The number of aliphatic hydroxyl groups is 1. The molecule has 1 fully saturated rings. The lowest BCUT2D eigenvalue weighted by atomic mass is 9.95. The average molecular weight is 452 g/mol. The maximum Gasteiger partial charge on any atom is 0.295 e. The van der Waals surface area contributed by atoms with Crippen LogP contribution in [0.5, 0.6) is 5.75 Å². The summed E-state index contributed by atoms with van der Waals surface area (Å²) in [6, 6.07) is 8.22. The predicted octanol–water partition coefficient (Wildman–Crippen LogP) is 3.94. The van der Waals surface area contributed by atoms with E-state index in [1.165, 1.54) is 0 Å². The fourth-order valence-corrected chi connectivity index (χ4v) is 3.99. The molecule has 0 radical (unpaired) electrons. The number of aliphatic hydroxyl groups excluding tert-OH is 1. The number of unbranched alkanes of at least 4 members (excludes halogenated alkanes) is 1. The Kier molecular flexibility index (Phi) is 8.22. The number of ether oxygens (including phenoxy) is 1. The Hall–Kier alpha value is -3.19. The SMILES string of the molecule is CCCCOc1ccc(/C(O)=C2\C(=O)C(=O)N(CCCN(C)C)[C@H]2c2cccnc2)cc1C. The first-order chi connectivity index (χ1) is 15.8. The third kappa shape index (κ3) is 5.60.